The minimum Gasteiger partial charge on any atom is -0.497 e. The van der Waals surface area contributed by atoms with E-state index in [1.165, 1.54) is 0 Å². The molecule has 0 amide bonds. The number of hydrogen-bond acceptors (Lipinski definition) is 5. The lowest BCUT2D eigenvalue weighted by Gasteiger charge is -2.27. The predicted molar refractivity (Wildman–Crippen MR) is 88.9 cm³/mol. The summed E-state index contributed by atoms with van der Waals surface area (Å²) in [5.74, 6) is 1.43. The van der Waals surface area contributed by atoms with E-state index in [9.17, 15) is 4.79 Å². The second kappa shape index (κ2) is 7.21. The molecular weight excluding hydrogens is 294 g/mol. The summed E-state index contributed by atoms with van der Waals surface area (Å²) >= 11 is 0. The first-order chi connectivity index (χ1) is 10.8. The van der Waals surface area contributed by atoms with E-state index in [-0.39, 0.29) is 12.0 Å². The molecule has 1 fully saturated rings. The van der Waals surface area contributed by atoms with Crippen LogP contribution in [0.1, 0.15) is 45.2 Å². The lowest BCUT2D eigenvalue weighted by atomic mass is 10.0. The second-order valence-corrected chi connectivity index (χ2v) is 6.82. The molecule has 1 aliphatic rings. The Hall–Kier alpha value is -1.75. The fourth-order valence-corrected chi connectivity index (χ4v) is 3.01. The van der Waals surface area contributed by atoms with Crippen molar-refractivity contribution in [2.24, 2.45) is 0 Å². The van der Waals surface area contributed by atoms with Crippen LogP contribution in [0.25, 0.3) is 0 Å². The van der Waals surface area contributed by atoms with Gasteiger partial charge in [-0.2, -0.15) is 0 Å². The maximum absolute atomic E-state index is 12.1. The van der Waals surface area contributed by atoms with Gasteiger partial charge in [0.25, 0.3) is 0 Å². The minimum atomic E-state index is -0.458. The zero-order valence-electron chi connectivity index (χ0n) is 14.7. The van der Waals surface area contributed by atoms with Crippen molar-refractivity contribution in [2.75, 3.05) is 27.3 Å². The fourth-order valence-electron chi connectivity index (χ4n) is 3.01. The third-order valence-corrected chi connectivity index (χ3v) is 3.91. The Morgan fingerprint density at radius 3 is 2.61 bits per heavy atom. The Labute approximate surface area is 138 Å². The number of esters is 1. The molecule has 128 valence electrons. The Morgan fingerprint density at radius 1 is 1.26 bits per heavy atom. The Balaban J connectivity index is 2.17. The fraction of sp³-hybridized carbons (Fsp3) is 0.611. The quantitative estimate of drug-likeness (QED) is 0.780. The molecular formula is C18H27NO4. The molecule has 5 heteroatoms. The number of likely N-dealkylation sites (tertiary alicyclic amines) is 1. The minimum absolute atomic E-state index is 0.146. The second-order valence-electron chi connectivity index (χ2n) is 6.82. The molecule has 1 saturated heterocycles. The van der Waals surface area contributed by atoms with Crippen LogP contribution >= 0.6 is 0 Å². The van der Waals surface area contributed by atoms with Gasteiger partial charge in [-0.05, 0) is 58.4 Å². The van der Waals surface area contributed by atoms with Crippen molar-refractivity contribution in [1.82, 2.24) is 4.90 Å². The summed E-state index contributed by atoms with van der Waals surface area (Å²) < 4.78 is 16.3. The summed E-state index contributed by atoms with van der Waals surface area (Å²) in [4.78, 5) is 14.3. The van der Waals surface area contributed by atoms with Crippen LogP contribution in [0.3, 0.4) is 0 Å². The van der Waals surface area contributed by atoms with Gasteiger partial charge in [-0.15, -0.1) is 0 Å². The van der Waals surface area contributed by atoms with Crippen LogP contribution in [-0.2, 0) is 9.53 Å². The molecule has 23 heavy (non-hydrogen) atoms. The Bertz CT molecular complexity index is 550. The molecule has 1 aromatic carbocycles. The zero-order chi connectivity index (χ0) is 17.0. The van der Waals surface area contributed by atoms with Crippen molar-refractivity contribution in [2.45, 2.75) is 45.3 Å². The number of benzene rings is 1. The third kappa shape index (κ3) is 4.61. The van der Waals surface area contributed by atoms with E-state index in [4.69, 9.17) is 14.2 Å². The van der Waals surface area contributed by atoms with Gasteiger partial charge in [-0.3, -0.25) is 9.69 Å². The van der Waals surface area contributed by atoms with Crippen molar-refractivity contribution >= 4 is 5.97 Å². The van der Waals surface area contributed by atoms with Crippen molar-refractivity contribution in [3.63, 3.8) is 0 Å². The van der Waals surface area contributed by atoms with Crippen LogP contribution in [0.4, 0.5) is 0 Å². The van der Waals surface area contributed by atoms with E-state index in [2.05, 4.69) is 4.90 Å². The van der Waals surface area contributed by atoms with Crippen LogP contribution in [-0.4, -0.2) is 43.8 Å². The standard InChI is InChI=1S/C18H27NO4/c1-18(2,3)23-17(20)12-19-10-6-7-15(19)14-11-13(21-4)8-9-16(14)22-5/h8-9,11,15H,6-7,10,12H2,1-5H3. The molecule has 0 aliphatic carbocycles. The highest BCUT2D eigenvalue weighted by atomic mass is 16.6. The normalized spacial score (nSPS) is 18.7. The molecule has 0 aromatic heterocycles. The molecule has 0 N–H and O–H groups in total. The highest BCUT2D eigenvalue weighted by molar-refractivity contribution is 5.72. The highest BCUT2D eigenvalue weighted by Crippen LogP contribution is 2.38. The molecule has 5 nitrogen and oxygen atoms in total. The number of carbonyl (C=O) groups is 1. The van der Waals surface area contributed by atoms with Gasteiger partial charge in [0.15, 0.2) is 0 Å². The van der Waals surface area contributed by atoms with Gasteiger partial charge in [0.1, 0.15) is 17.1 Å². The average Bonchev–Trinajstić information content (AvgIpc) is 2.92. The van der Waals surface area contributed by atoms with Gasteiger partial charge in [0.05, 0.1) is 20.8 Å². The molecule has 1 unspecified atom stereocenters. The third-order valence-electron chi connectivity index (χ3n) is 3.91. The van der Waals surface area contributed by atoms with Crippen LogP contribution in [0.2, 0.25) is 0 Å². The number of methoxy groups -OCH3 is 2. The van der Waals surface area contributed by atoms with E-state index in [1.807, 2.05) is 39.0 Å². The molecule has 1 atom stereocenters. The summed E-state index contributed by atoms with van der Waals surface area (Å²) in [6.45, 7) is 6.83. The molecule has 1 heterocycles. The van der Waals surface area contributed by atoms with Gasteiger partial charge in [0.2, 0.25) is 0 Å². The number of ether oxygens (including phenoxy) is 3. The van der Waals surface area contributed by atoms with Crippen LogP contribution in [0, 0.1) is 0 Å². The van der Waals surface area contributed by atoms with Gasteiger partial charge >= 0.3 is 5.97 Å². The maximum atomic E-state index is 12.1. The lowest BCUT2D eigenvalue weighted by Crippen LogP contribution is -2.34. The van der Waals surface area contributed by atoms with Crippen LogP contribution in [0.15, 0.2) is 18.2 Å². The largest absolute Gasteiger partial charge is 0.497 e. The van der Waals surface area contributed by atoms with E-state index < -0.39 is 5.60 Å². The number of hydrogen-bond donors (Lipinski definition) is 0. The van der Waals surface area contributed by atoms with Gasteiger partial charge in [-0.25, -0.2) is 0 Å². The summed E-state index contributed by atoms with van der Waals surface area (Å²) in [5.41, 5.74) is 0.605. The Morgan fingerprint density at radius 2 is 2.00 bits per heavy atom. The summed E-state index contributed by atoms with van der Waals surface area (Å²) in [6.07, 6.45) is 2.04. The van der Waals surface area contributed by atoms with Crippen molar-refractivity contribution in [3.8, 4) is 11.5 Å². The smallest absolute Gasteiger partial charge is 0.320 e. The zero-order valence-corrected chi connectivity index (χ0v) is 14.7. The molecule has 1 aromatic rings. The summed E-state index contributed by atoms with van der Waals surface area (Å²) in [5, 5.41) is 0. The molecule has 0 spiro atoms. The highest BCUT2D eigenvalue weighted by Gasteiger charge is 2.31. The van der Waals surface area contributed by atoms with E-state index in [0.29, 0.717) is 6.54 Å². The lowest BCUT2D eigenvalue weighted by molar-refractivity contribution is -0.156. The Kier molecular flexibility index (Phi) is 5.52. The number of nitrogens with zero attached hydrogens (tertiary/aromatic N) is 1. The molecule has 0 saturated carbocycles. The SMILES string of the molecule is COc1ccc(OC)c(C2CCCN2CC(=O)OC(C)(C)C)c1. The van der Waals surface area contributed by atoms with E-state index in [0.717, 1.165) is 36.4 Å². The maximum Gasteiger partial charge on any atom is 0.320 e. The van der Waals surface area contributed by atoms with Crippen LogP contribution in [0.5, 0.6) is 11.5 Å². The first kappa shape index (κ1) is 17.6. The van der Waals surface area contributed by atoms with Crippen LogP contribution < -0.4 is 9.47 Å². The average molecular weight is 321 g/mol. The van der Waals surface area contributed by atoms with Crippen molar-refractivity contribution in [1.29, 1.82) is 0 Å². The first-order valence-corrected chi connectivity index (χ1v) is 8.02. The van der Waals surface area contributed by atoms with Crippen molar-refractivity contribution in [3.05, 3.63) is 23.8 Å². The predicted octanol–water partition coefficient (Wildman–Crippen LogP) is 3.18. The van der Waals surface area contributed by atoms with Crippen molar-refractivity contribution < 1.29 is 19.0 Å². The topological polar surface area (TPSA) is 48.0 Å². The number of carbonyl (C=O) groups excluding carboxylic acids is 1. The van der Waals surface area contributed by atoms with E-state index >= 15 is 0 Å². The molecule has 2 rings (SSSR count). The van der Waals surface area contributed by atoms with Gasteiger partial charge in [0, 0.05) is 11.6 Å². The molecule has 0 bridgehead atoms. The molecule has 1 aliphatic heterocycles. The monoisotopic (exact) mass is 321 g/mol. The summed E-state index contributed by atoms with van der Waals surface area (Å²) in [7, 11) is 3.32. The molecule has 0 radical (unpaired) electrons. The van der Waals surface area contributed by atoms with Gasteiger partial charge in [-0.1, -0.05) is 0 Å². The van der Waals surface area contributed by atoms with E-state index in [1.54, 1.807) is 14.2 Å². The number of rotatable bonds is 5. The first-order valence-electron chi connectivity index (χ1n) is 8.02. The summed E-state index contributed by atoms with van der Waals surface area (Å²) in [6, 6.07) is 5.94. The van der Waals surface area contributed by atoms with Gasteiger partial charge < -0.3 is 14.2 Å².